The van der Waals surface area contributed by atoms with E-state index in [1.54, 1.807) is 12.4 Å². The fraction of sp³-hybridized carbons (Fsp3) is 0.576. The molecule has 5 rings (SSSR count). The Morgan fingerprint density at radius 1 is 1.00 bits per heavy atom. The summed E-state index contributed by atoms with van der Waals surface area (Å²) in [6, 6.07) is 8.62. The summed E-state index contributed by atoms with van der Waals surface area (Å²) >= 11 is 0. The van der Waals surface area contributed by atoms with Gasteiger partial charge in [0.15, 0.2) is 0 Å². The standard InChI is InChI=1S/C33H47BN6O5/c1-23(2)30-27(19-28-31(43)40(24(3)41)21-29(42)36-28)35-22-39(30)14-8-13-37-15-17-38(18-16-37)20-25-9-11-26(12-10-25)34-44-32(4,5)33(6,7)45-34/h9-12,19,22-23H,8,13-18,20-21H2,1-7H3,(H,36,42)/b28-19-. The number of nitrogens with zero attached hydrogens (tertiary/aromatic N) is 5. The Hall–Kier alpha value is -3.32. The lowest BCUT2D eigenvalue weighted by atomic mass is 9.79. The summed E-state index contributed by atoms with van der Waals surface area (Å²) in [5.41, 5.74) is 3.37. The molecular formula is C33H47BN6O5. The summed E-state index contributed by atoms with van der Waals surface area (Å²) < 4.78 is 14.5. The molecular weight excluding hydrogens is 571 g/mol. The Balaban J connectivity index is 1.10. The number of aryl methyl sites for hydroxylation is 1. The van der Waals surface area contributed by atoms with Gasteiger partial charge in [-0.25, -0.2) is 4.98 Å². The predicted octanol–water partition coefficient (Wildman–Crippen LogP) is 2.36. The molecule has 45 heavy (non-hydrogen) atoms. The van der Waals surface area contributed by atoms with Crippen molar-refractivity contribution in [2.24, 2.45) is 0 Å². The first kappa shape index (κ1) is 33.1. The van der Waals surface area contributed by atoms with Crippen molar-refractivity contribution in [2.45, 2.75) is 85.1 Å². The van der Waals surface area contributed by atoms with Gasteiger partial charge in [-0.1, -0.05) is 38.1 Å². The van der Waals surface area contributed by atoms with Gasteiger partial charge in [0.1, 0.15) is 12.2 Å². The summed E-state index contributed by atoms with van der Waals surface area (Å²) in [6.07, 6.45) is 4.36. The number of imidazole rings is 1. The molecule has 3 fully saturated rings. The summed E-state index contributed by atoms with van der Waals surface area (Å²) in [7, 11) is -0.336. The number of hydrogen-bond acceptors (Lipinski definition) is 8. The van der Waals surface area contributed by atoms with Crippen LogP contribution in [0.15, 0.2) is 36.3 Å². The lowest BCUT2D eigenvalue weighted by Crippen LogP contribution is -2.51. The molecule has 2 aromatic rings. The number of benzene rings is 1. The normalized spacial score (nSPS) is 21.6. The maximum Gasteiger partial charge on any atom is 0.494 e. The number of piperazine rings is 2. The second-order valence-electron chi connectivity index (χ2n) is 13.7. The van der Waals surface area contributed by atoms with Crippen molar-refractivity contribution in [3.05, 3.63) is 53.2 Å². The van der Waals surface area contributed by atoms with E-state index >= 15 is 0 Å². The van der Waals surface area contributed by atoms with Gasteiger partial charge in [0.25, 0.3) is 5.91 Å². The molecule has 4 heterocycles. The fourth-order valence-corrected chi connectivity index (χ4v) is 6.07. The molecule has 11 nitrogen and oxygen atoms in total. The van der Waals surface area contributed by atoms with Gasteiger partial charge in [-0.15, -0.1) is 0 Å². The lowest BCUT2D eigenvalue weighted by molar-refractivity contribution is -0.147. The molecule has 1 aromatic carbocycles. The highest BCUT2D eigenvalue weighted by Crippen LogP contribution is 2.36. The van der Waals surface area contributed by atoms with Crippen LogP contribution in [-0.4, -0.2) is 99.6 Å². The van der Waals surface area contributed by atoms with Crippen LogP contribution in [0.5, 0.6) is 0 Å². The fourth-order valence-electron chi connectivity index (χ4n) is 6.07. The van der Waals surface area contributed by atoms with Gasteiger partial charge in [0.2, 0.25) is 11.8 Å². The number of amides is 3. The summed E-state index contributed by atoms with van der Waals surface area (Å²) in [5, 5.41) is 2.61. The van der Waals surface area contributed by atoms with Crippen molar-refractivity contribution in [3.63, 3.8) is 0 Å². The summed E-state index contributed by atoms with van der Waals surface area (Å²) in [5.74, 6) is -1.20. The maximum atomic E-state index is 12.7. The van der Waals surface area contributed by atoms with Gasteiger partial charge in [0, 0.05) is 51.9 Å². The number of nitrogens with one attached hydrogen (secondary N) is 1. The number of imide groups is 1. The van der Waals surface area contributed by atoms with Gasteiger partial charge in [-0.3, -0.25) is 24.2 Å². The second-order valence-corrected chi connectivity index (χ2v) is 13.7. The molecule has 0 unspecified atom stereocenters. The van der Waals surface area contributed by atoms with E-state index in [0.717, 1.165) is 68.3 Å². The summed E-state index contributed by atoms with van der Waals surface area (Å²) in [6.45, 7) is 20.3. The minimum Gasteiger partial charge on any atom is -0.399 e. The SMILES string of the molecule is CC(=O)N1CC(=O)N/C(=C\c2ncn(CCCN3CCN(Cc4ccc(B5OC(C)(C)C(C)(C)O5)cc4)CC3)c2C(C)C)C1=O. The zero-order valence-electron chi connectivity index (χ0n) is 27.8. The number of carbonyl (C=O) groups excluding carboxylic acids is 3. The van der Waals surface area contributed by atoms with E-state index in [1.807, 2.05) is 0 Å². The lowest BCUT2D eigenvalue weighted by Gasteiger charge is -2.34. The number of rotatable bonds is 9. The van der Waals surface area contributed by atoms with Gasteiger partial charge >= 0.3 is 7.12 Å². The minimum atomic E-state index is -0.510. The average Bonchev–Trinajstić information content (AvgIpc) is 3.47. The van der Waals surface area contributed by atoms with Crippen molar-refractivity contribution in [2.75, 3.05) is 39.3 Å². The van der Waals surface area contributed by atoms with Crippen LogP contribution in [0, 0.1) is 0 Å². The second kappa shape index (κ2) is 13.2. The quantitative estimate of drug-likeness (QED) is 0.337. The number of hydrogen-bond donors (Lipinski definition) is 1. The van der Waals surface area contributed by atoms with Gasteiger partial charge < -0.3 is 24.1 Å². The van der Waals surface area contributed by atoms with E-state index in [9.17, 15) is 14.4 Å². The van der Waals surface area contributed by atoms with Crippen LogP contribution < -0.4 is 10.8 Å². The first-order valence-corrected chi connectivity index (χ1v) is 16.0. The monoisotopic (exact) mass is 618 g/mol. The van der Waals surface area contributed by atoms with E-state index < -0.39 is 17.7 Å². The van der Waals surface area contributed by atoms with Crippen molar-refractivity contribution in [1.82, 2.24) is 29.6 Å². The van der Waals surface area contributed by atoms with E-state index in [4.69, 9.17) is 9.31 Å². The minimum absolute atomic E-state index is 0.0762. The Bertz CT molecular complexity index is 1430. The highest BCUT2D eigenvalue weighted by atomic mass is 16.7. The van der Waals surface area contributed by atoms with Gasteiger partial charge in [0.05, 0.1) is 23.2 Å². The maximum absolute atomic E-state index is 12.7. The van der Waals surface area contributed by atoms with Crippen LogP contribution in [0.1, 0.15) is 77.8 Å². The zero-order valence-corrected chi connectivity index (χ0v) is 27.8. The molecule has 3 saturated heterocycles. The first-order chi connectivity index (χ1) is 21.2. The van der Waals surface area contributed by atoms with Crippen molar-refractivity contribution >= 4 is 36.4 Å². The van der Waals surface area contributed by atoms with Crippen LogP contribution in [-0.2, 0) is 36.8 Å². The summed E-state index contributed by atoms with van der Waals surface area (Å²) in [4.78, 5) is 47.2. The van der Waals surface area contributed by atoms with Crippen molar-refractivity contribution in [3.8, 4) is 0 Å². The molecule has 3 aliphatic rings. The molecule has 1 aromatic heterocycles. The van der Waals surface area contributed by atoms with Crippen LogP contribution in [0.3, 0.4) is 0 Å². The molecule has 1 N–H and O–H groups in total. The van der Waals surface area contributed by atoms with Crippen LogP contribution in [0.4, 0.5) is 0 Å². The Labute approximate surface area is 267 Å². The van der Waals surface area contributed by atoms with Gasteiger partial charge in [-0.05, 0) is 63.7 Å². The Kier molecular flexibility index (Phi) is 9.69. The molecule has 0 radical (unpaired) electrons. The van der Waals surface area contributed by atoms with Gasteiger partial charge in [-0.2, -0.15) is 0 Å². The van der Waals surface area contributed by atoms with Crippen LogP contribution in [0.25, 0.3) is 6.08 Å². The Morgan fingerprint density at radius 2 is 1.62 bits per heavy atom. The third kappa shape index (κ3) is 7.40. The van der Waals surface area contributed by atoms with Crippen LogP contribution >= 0.6 is 0 Å². The third-order valence-electron chi connectivity index (χ3n) is 9.42. The Morgan fingerprint density at radius 3 is 2.22 bits per heavy atom. The molecule has 242 valence electrons. The zero-order chi connectivity index (χ0) is 32.5. The predicted molar refractivity (Wildman–Crippen MR) is 173 cm³/mol. The molecule has 0 spiro atoms. The molecule has 0 bridgehead atoms. The van der Waals surface area contributed by atoms with E-state index in [0.29, 0.717) is 5.69 Å². The topological polar surface area (TPSA) is 109 Å². The highest BCUT2D eigenvalue weighted by Gasteiger charge is 2.51. The molecule has 3 aliphatic heterocycles. The number of carbonyl (C=O) groups is 3. The van der Waals surface area contributed by atoms with Crippen molar-refractivity contribution in [1.29, 1.82) is 0 Å². The molecule has 0 atom stereocenters. The molecule has 3 amide bonds. The van der Waals surface area contributed by atoms with E-state index in [-0.39, 0.29) is 36.5 Å². The van der Waals surface area contributed by atoms with Crippen LogP contribution in [0.2, 0.25) is 0 Å². The third-order valence-corrected chi connectivity index (χ3v) is 9.42. The molecule has 0 saturated carbocycles. The van der Waals surface area contributed by atoms with E-state index in [2.05, 4.69) is 90.5 Å². The molecule has 0 aliphatic carbocycles. The van der Waals surface area contributed by atoms with Crippen molar-refractivity contribution < 1.29 is 23.7 Å². The van der Waals surface area contributed by atoms with E-state index in [1.165, 1.54) is 12.5 Å². The highest BCUT2D eigenvalue weighted by molar-refractivity contribution is 6.62. The number of aromatic nitrogens is 2. The largest absolute Gasteiger partial charge is 0.494 e. The smallest absolute Gasteiger partial charge is 0.399 e. The molecule has 12 heteroatoms. The first-order valence-electron chi connectivity index (χ1n) is 16.0. The average molecular weight is 619 g/mol.